The Kier molecular flexibility index (Phi) is 7.08. The van der Waals surface area contributed by atoms with Crippen LogP contribution in [0.25, 0.3) is 0 Å². The summed E-state index contributed by atoms with van der Waals surface area (Å²) in [6, 6.07) is 9.56. The Bertz CT molecular complexity index is 657. The van der Waals surface area contributed by atoms with Crippen molar-refractivity contribution in [2.75, 3.05) is 33.9 Å². The molecule has 0 fully saturated rings. The van der Waals surface area contributed by atoms with Crippen molar-refractivity contribution in [1.29, 1.82) is 0 Å². The fourth-order valence-corrected chi connectivity index (χ4v) is 3.24. The molecule has 0 saturated heterocycles. The standard InChI is InChI=1S/C18H24N2O3S/c1-14-8-11-24-17(14)12-20(2)13-18(21)19-9-10-23-16-7-5-4-6-15(16)22-3/h4-8,11H,9-10,12-13H2,1-3H3,(H,19,21). The molecule has 0 atom stereocenters. The molecular formula is C18H24N2O3S. The zero-order valence-corrected chi connectivity index (χ0v) is 15.2. The highest BCUT2D eigenvalue weighted by Gasteiger charge is 2.09. The molecule has 1 aromatic heterocycles. The van der Waals surface area contributed by atoms with E-state index in [1.807, 2.05) is 36.2 Å². The molecule has 0 radical (unpaired) electrons. The quantitative estimate of drug-likeness (QED) is 0.708. The first-order valence-corrected chi connectivity index (χ1v) is 8.72. The number of para-hydroxylation sites is 2. The fourth-order valence-electron chi connectivity index (χ4n) is 2.26. The van der Waals surface area contributed by atoms with Crippen LogP contribution in [0.5, 0.6) is 11.5 Å². The summed E-state index contributed by atoms with van der Waals surface area (Å²) in [6.07, 6.45) is 0. The normalized spacial score (nSPS) is 10.7. The maximum Gasteiger partial charge on any atom is 0.234 e. The van der Waals surface area contributed by atoms with Crippen LogP contribution in [-0.2, 0) is 11.3 Å². The Morgan fingerprint density at radius 1 is 1.25 bits per heavy atom. The number of hydrogen-bond donors (Lipinski definition) is 1. The van der Waals surface area contributed by atoms with Gasteiger partial charge < -0.3 is 14.8 Å². The average molecular weight is 348 g/mol. The van der Waals surface area contributed by atoms with E-state index in [9.17, 15) is 4.79 Å². The Balaban J connectivity index is 1.67. The molecule has 24 heavy (non-hydrogen) atoms. The molecule has 0 unspecified atom stereocenters. The molecule has 2 rings (SSSR count). The lowest BCUT2D eigenvalue weighted by atomic mass is 10.3. The number of likely N-dealkylation sites (N-methyl/N-ethyl adjacent to an activating group) is 1. The molecule has 6 heteroatoms. The third-order valence-corrected chi connectivity index (χ3v) is 4.55. The maximum atomic E-state index is 12.0. The monoisotopic (exact) mass is 348 g/mol. The molecule has 0 aliphatic rings. The van der Waals surface area contributed by atoms with Crippen LogP contribution in [0.15, 0.2) is 35.7 Å². The smallest absolute Gasteiger partial charge is 0.234 e. The number of nitrogens with zero attached hydrogens (tertiary/aromatic N) is 1. The van der Waals surface area contributed by atoms with Crippen LogP contribution in [-0.4, -0.2) is 44.7 Å². The van der Waals surface area contributed by atoms with Crippen LogP contribution < -0.4 is 14.8 Å². The summed E-state index contributed by atoms with van der Waals surface area (Å²) in [7, 11) is 3.55. The number of hydrogen-bond acceptors (Lipinski definition) is 5. The number of methoxy groups -OCH3 is 1. The molecule has 0 aliphatic heterocycles. The number of thiophene rings is 1. The average Bonchev–Trinajstić information content (AvgIpc) is 2.96. The van der Waals surface area contributed by atoms with Crippen molar-refractivity contribution in [3.8, 4) is 11.5 Å². The van der Waals surface area contributed by atoms with E-state index in [0.29, 0.717) is 31.2 Å². The van der Waals surface area contributed by atoms with E-state index in [2.05, 4.69) is 23.7 Å². The first-order valence-electron chi connectivity index (χ1n) is 7.84. The van der Waals surface area contributed by atoms with Crippen molar-refractivity contribution in [3.05, 3.63) is 46.2 Å². The van der Waals surface area contributed by atoms with Gasteiger partial charge in [0.15, 0.2) is 11.5 Å². The second-order valence-corrected chi connectivity index (χ2v) is 6.55. The van der Waals surface area contributed by atoms with Gasteiger partial charge in [-0.15, -0.1) is 11.3 Å². The van der Waals surface area contributed by atoms with Gasteiger partial charge in [-0.2, -0.15) is 0 Å². The molecule has 1 N–H and O–H groups in total. The minimum absolute atomic E-state index is 0.00432. The largest absolute Gasteiger partial charge is 0.493 e. The highest BCUT2D eigenvalue weighted by Crippen LogP contribution is 2.25. The van der Waals surface area contributed by atoms with Gasteiger partial charge in [-0.1, -0.05) is 12.1 Å². The number of aryl methyl sites for hydroxylation is 1. The van der Waals surface area contributed by atoms with Gasteiger partial charge in [0.25, 0.3) is 0 Å². The Labute approximate surface area is 147 Å². The lowest BCUT2D eigenvalue weighted by Crippen LogP contribution is -2.36. The number of rotatable bonds is 9. The Morgan fingerprint density at radius 3 is 2.67 bits per heavy atom. The fraction of sp³-hybridized carbons (Fsp3) is 0.389. The predicted octanol–water partition coefficient (Wildman–Crippen LogP) is 2.69. The van der Waals surface area contributed by atoms with Crippen molar-refractivity contribution in [2.24, 2.45) is 0 Å². The van der Waals surface area contributed by atoms with E-state index in [-0.39, 0.29) is 5.91 Å². The second kappa shape index (κ2) is 9.30. The summed E-state index contributed by atoms with van der Waals surface area (Å²) in [5, 5.41) is 4.95. The predicted molar refractivity (Wildman–Crippen MR) is 96.9 cm³/mol. The van der Waals surface area contributed by atoms with E-state index in [4.69, 9.17) is 9.47 Å². The molecule has 0 bridgehead atoms. The van der Waals surface area contributed by atoms with Crippen LogP contribution >= 0.6 is 11.3 Å². The van der Waals surface area contributed by atoms with E-state index >= 15 is 0 Å². The molecule has 0 spiro atoms. The van der Waals surface area contributed by atoms with Crippen LogP contribution in [0.1, 0.15) is 10.4 Å². The minimum atomic E-state index is -0.00432. The summed E-state index contributed by atoms with van der Waals surface area (Å²) in [5.41, 5.74) is 1.28. The van der Waals surface area contributed by atoms with Crippen molar-refractivity contribution in [1.82, 2.24) is 10.2 Å². The zero-order chi connectivity index (χ0) is 17.4. The number of nitrogens with one attached hydrogen (secondary N) is 1. The van der Waals surface area contributed by atoms with Crippen molar-refractivity contribution in [2.45, 2.75) is 13.5 Å². The van der Waals surface area contributed by atoms with E-state index in [1.165, 1.54) is 10.4 Å². The van der Waals surface area contributed by atoms with Crippen molar-refractivity contribution < 1.29 is 14.3 Å². The number of benzene rings is 1. The molecule has 0 saturated carbocycles. The van der Waals surface area contributed by atoms with Gasteiger partial charge in [-0.05, 0) is 43.1 Å². The van der Waals surface area contributed by atoms with E-state index in [1.54, 1.807) is 18.4 Å². The van der Waals surface area contributed by atoms with Crippen LogP contribution in [0.4, 0.5) is 0 Å². The van der Waals surface area contributed by atoms with E-state index < -0.39 is 0 Å². The summed E-state index contributed by atoms with van der Waals surface area (Å²) in [5.74, 6) is 1.37. The van der Waals surface area contributed by atoms with Gasteiger partial charge >= 0.3 is 0 Å². The van der Waals surface area contributed by atoms with Crippen molar-refractivity contribution in [3.63, 3.8) is 0 Å². The SMILES string of the molecule is COc1ccccc1OCCNC(=O)CN(C)Cc1sccc1C. The molecule has 130 valence electrons. The summed E-state index contributed by atoms with van der Waals surface area (Å²) in [6.45, 7) is 4.11. The number of carbonyl (C=O) groups is 1. The lowest BCUT2D eigenvalue weighted by molar-refractivity contribution is -0.122. The summed E-state index contributed by atoms with van der Waals surface area (Å²) >= 11 is 1.72. The topological polar surface area (TPSA) is 50.8 Å². The lowest BCUT2D eigenvalue weighted by Gasteiger charge is -2.16. The first-order chi connectivity index (χ1) is 11.6. The highest BCUT2D eigenvalue weighted by atomic mass is 32.1. The second-order valence-electron chi connectivity index (χ2n) is 5.55. The Hall–Kier alpha value is -2.05. The molecular weight excluding hydrogens is 324 g/mol. The highest BCUT2D eigenvalue weighted by molar-refractivity contribution is 7.10. The number of carbonyl (C=O) groups excluding carboxylic acids is 1. The minimum Gasteiger partial charge on any atom is -0.493 e. The van der Waals surface area contributed by atoms with Crippen LogP contribution in [0.3, 0.4) is 0 Å². The first kappa shape index (κ1) is 18.3. The van der Waals surface area contributed by atoms with Gasteiger partial charge in [-0.3, -0.25) is 9.69 Å². The molecule has 1 heterocycles. The number of amides is 1. The van der Waals surface area contributed by atoms with Gasteiger partial charge in [-0.25, -0.2) is 0 Å². The van der Waals surface area contributed by atoms with Gasteiger partial charge in [0, 0.05) is 11.4 Å². The third kappa shape index (κ3) is 5.54. The maximum absolute atomic E-state index is 12.0. The molecule has 0 aliphatic carbocycles. The molecule has 1 aromatic carbocycles. The van der Waals surface area contributed by atoms with E-state index in [0.717, 1.165) is 6.54 Å². The zero-order valence-electron chi connectivity index (χ0n) is 14.4. The molecule has 5 nitrogen and oxygen atoms in total. The van der Waals surface area contributed by atoms with Crippen LogP contribution in [0, 0.1) is 6.92 Å². The summed E-state index contributed by atoms with van der Waals surface area (Å²) in [4.78, 5) is 15.3. The van der Waals surface area contributed by atoms with Gasteiger partial charge in [0.1, 0.15) is 6.61 Å². The summed E-state index contributed by atoms with van der Waals surface area (Å²) < 4.78 is 10.9. The van der Waals surface area contributed by atoms with Crippen LogP contribution in [0.2, 0.25) is 0 Å². The van der Waals surface area contributed by atoms with Gasteiger partial charge in [0.05, 0.1) is 20.2 Å². The molecule has 2 aromatic rings. The van der Waals surface area contributed by atoms with Gasteiger partial charge in [0.2, 0.25) is 5.91 Å². The Morgan fingerprint density at radius 2 is 2.00 bits per heavy atom. The third-order valence-electron chi connectivity index (χ3n) is 3.55. The molecule has 1 amide bonds. The number of ether oxygens (including phenoxy) is 2. The van der Waals surface area contributed by atoms with Crippen molar-refractivity contribution >= 4 is 17.2 Å².